The molecule has 0 bridgehead atoms. The normalized spacial score (nSPS) is 18.5. The molecule has 1 aromatic rings. The summed E-state index contributed by atoms with van der Waals surface area (Å²) >= 11 is 7.42. The first-order valence-electron chi connectivity index (χ1n) is 5.45. The molecule has 0 radical (unpaired) electrons. The van der Waals surface area contributed by atoms with Gasteiger partial charge >= 0.3 is 0 Å². The molecule has 1 aromatic heterocycles. The molecule has 1 N–H and O–H groups in total. The predicted molar refractivity (Wildman–Crippen MR) is 64.8 cm³/mol. The third kappa shape index (κ3) is 2.42. The molecule has 0 spiro atoms. The molecule has 1 aliphatic carbocycles. The lowest BCUT2D eigenvalue weighted by Crippen LogP contribution is -2.46. The highest BCUT2D eigenvalue weighted by Gasteiger charge is 2.36. The zero-order valence-electron chi connectivity index (χ0n) is 8.92. The molecule has 0 amide bonds. The lowest BCUT2D eigenvalue weighted by molar-refractivity contribution is 0.311. The maximum absolute atomic E-state index is 5.97. The van der Waals surface area contributed by atoms with Crippen LogP contribution in [0.15, 0.2) is 0 Å². The number of anilines is 1. The van der Waals surface area contributed by atoms with E-state index < -0.39 is 0 Å². The molecule has 1 heterocycles. The second-order valence-electron chi connectivity index (χ2n) is 4.16. The van der Waals surface area contributed by atoms with Gasteiger partial charge in [-0.2, -0.15) is 4.37 Å². The van der Waals surface area contributed by atoms with Gasteiger partial charge in [-0.25, -0.2) is 4.98 Å². The van der Waals surface area contributed by atoms with Crippen LogP contribution in [0, 0.1) is 0 Å². The second kappa shape index (κ2) is 4.66. The van der Waals surface area contributed by atoms with Crippen LogP contribution in [0.4, 0.5) is 5.13 Å². The van der Waals surface area contributed by atoms with Crippen LogP contribution in [0.3, 0.4) is 0 Å². The average Bonchev–Trinajstić information content (AvgIpc) is 2.60. The van der Waals surface area contributed by atoms with E-state index >= 15 is 0 Å². The van der Waals surface area contributed by atoms with Crippen molar-refractivity contribution >= 4 is 28.3 Å². The number of alkyl halides is 1. The summed E-state index contributed by atoms with van der Waals surface area (Å²) in [6.45, 7) is 2.14. The van der Waals surface area contributed by atoms with Crippen LogP contribution in [-0.2, 0) is 6.42 Å². The molecule has 0 aliphatic heterocycles. The van der Waals surface area contributed by atoms with Crippen LogP contribution in [0.25, 0.3) is 0 Å². The van der Waals surface area contributed by atoms with Gasteiger partial charge < -0.3 is 5.32 Å². The maximum Gasteiger partial charge on any atom is 0.203 e. The van der Waals surface area contributed by atoms with Gasteiger partial charge in [-0.15, -0.1) is 11.6 Å². The SMILES string of the molecule is CCCc1nsc(NC2(CCl)CCC2)n1. The van der Waals surface area contributed by atoms with Gasteiger partial charge in [0.1, 0.15) is 5.82 Å². The van der Waals surface area contributed by atoms with Crippen molar-refractivity contribution < 1.29 is 0 Å². The molecular formula is C10H16ClN3S. The fourth-order valence-electron chi connectivity index (χ4n) is 1.75. The highest BCUT2D eigenvalue weighted by molar-refractivity contribution is 7.09. The first-order valence-corrected chi connectivity index (χ1v) is 6.75. The number of hydrogen-bond acceptors (Lipinski definition) is 4. The van der Waals surface area contributed by atoms with E-state index in [4.69, 9.17) is 11.6 Å². The molecule has 84 valence electrons. The summed E-state index contributed by atoms with van der Waals surface area (Å²) in [7, 11) is 0. The largest absolute Gasteiger partial charge is 0.354 e. The highest BCUT2D eigenvalue weighted by Crippen LogP contribution is 2.36. The van der Waals surface area contributed by atoms with E-state index in [1.807, 2.05) is 0 Å². The minimum Gasteiger partial charge on any atom is -0.354 e. The topological polar surface area (TPSA) is 37.8 Å². The monoisotopic (exact) mass is 245 g/mol. The Labute approximate surface area is 99.4 Å². The Morgan fingerprint density at radius 3 is 2.87 bits per heavy atom. The molecule has 3 nitrogen and oxygen atoms in total. The number of aryl methyl sites for hydroxylation is 1. The molecule has 5 heteroatoms. The standard InChI is InChI=1S/C10H16ClN3S/c1-2-4-8-12-9(15-14-8)13-10(7-11)5-3-6-10/h2-7H2,1H3,(H,12,13,14). The molecule has 0 saturated heterocycles. The maximum atomic E-state index is 5.97. The summed E-state index contributed by atoms with van der Waals surface area (Å²) in [6.07, 6.45) is 5.63. The van der Waals surface area contributed by atoms with Crippen molar-refractivity contribution in [2.24, 2.45) is 0 Å². The zero-order chi connectivity index (χ0) is 10.7. The number of nitrogens with one attached hydrogen (secondary N) is 1. The van der Waals surface area contributed by atoms with E-state index in [1.54, 1.807) is 0 Å². The molecule has 15 heavy (non-hydrogen) atoms. The summed E-state index contributed by atoms with van der Waals surface area (Å²) < 4.78 is 4.31. The van der Waals surface area contributed by atoms with Crippen molar-refractivity contribution in [1.29, 1.82) is 0 Å². The van der Waals surface area contributed by atoms with Crippen molar-refractivity contribution in [3.8, 4) is 0 Å². The minimum absolute atomic E-state index is 0.102. The van der Waals surface area contributed by atoms with Gasteiger partial charge in [0, 0.05) is 23.8 Å². The Balaban J connectivity index is 1.97. The van der Waals surface area contributed by atoms with Gasteiger partial charge in [0.2, 0.25) is 5.13 Å². The first-order chi connectivity index (χ1) is 7.28. The smallest absolute Gasteiger partial charge is 0.203 e. The van der Waals surface area contributed by atoms with E-state index in [0.717, 1.165) is 36.6 Å². The summed E-state index contributed by atoms with van der Waals surface area (Å²) in [6, 6.07) is 0. The number of aromatic nitrogens is 2. The Morgan fingerprint density at radius 2 is 2.33 bits per heavy atom. The molecule has 1 saturated carbocycles. The van der Waals surface area contributed by atoms with Crippen molar-refractivity contribution in [2.75, 3.05) is 11.2 Å². The average molecular weight is 246 g/mol. The lowest BCUT2D eigenvalue weighted by atomic mass is 9.78. The van der Waals surface area contributed by atoms with Gasteiger partial charge in [0.15, 0.2) is 0 Å². The van der Waals surface area contributed by atoms with Crippen molar-refractivity contribution in [2.45, 2.75) is 44.6 Å². The van der Waals surface area contributed by atoms with E-state index in [-0.39, 0.29) is 5.54 Å². The molecule has 1 fully saturated rings. The fourth-order valence-corrected chi connectivity index (χ4v) is 2.82. The van der Waals surface area contributed by atoms with Crippen LogP contribution in [0.5, 0.6) is 0 Å². The molecular weight excluding hydrogens is 230 g/mol. The van der Waals surface area contributed by atoms with E-state index in [1.165, 1.54) is 18.0 Å². The number of halogens is 1. The Hall–Kier alpha value is -0.350. The molecule has 0 aromatic carbocycles. The van der Waals surface area contributed by atoms with E-state index in [2.05, 4.69) is 21.6 Å². The number of rotatable bonds is 5. The number of hydrogen-bond donors (Lipinski definition) is 1. The van der Waals surface area contributed by atoms with Crippen molar-refractivity contribution in [3.05, 3.63) is 5.82 Å². The molecule has 0 atom stereocenters. The Bertz CT molecular complexity index is 317. The first kappa shape index (κ1) is 11.1. The highest BCUT2D eigenvalue weighted by atomic mass is 35.5. The third-order valence-electron chi connectivity index (χ3n) is 2.88. The van der Waals surface area contributed by atoms with Gasteiger partial charge in [-0.05, 0) is 25.7 Å². The van der Waals surface area contributed by atoms with E-state index in [9.17, 15) is 0 Å². The quantitative estimate of drug-likeness (QED) is 0.811. The van der Waals surface area contributed by atoms with Crippen LogP contribution in [-0.4, -0.2) is 20.8 Å². The van der Waals surface area contributed by atoms with E-state index in [0.29, 0.717) is 5.88 Å². The van der Waals surface area contributed by atoms with Gasteiger partial charge in [-0.3, -0.25) is 0 Å². The van der Waals surface area contributed by atoms with Crippen LogP contribution in [0.1, 0.15) is 38.4 Å². The molecule has 0 unspecified atom stereocenters. The van der Waals surface area contributed by atoms with Crippen LogP contribution < -0.4 is 5.32 Å². The molecule has 2 rings (SSSR count). The summed E-state index contributed by atoms with van der Waals surface area (Å²) in [4.78, 5) is 4.45. The van der Waals surface area contributed by atoms with Gasteiger partial charge in [0.25, 0.3) is 0 Å². The Morgan fingerprint density at radius 1 is 1.53 bits per heavy atom. The van der Waals surface area contributed by atoms with Crippen molar-refractivity contribution in [1.82, 2.24) is 9.36 Å². The second-order valence-corrected chi connectivity index (χ2v) is 5.18. The summed E-state index contributed by atoms with van der Waals surface area (Å²) in [5.41, 5.74) is 0.102. The van der Waals surface area contributed by atoms with Crippen LogP contribution in [0.2, 0.25) is 0 Å². The van der Waals surface area contributed by atoms with Gasteiger partial charge in [-0.1, -0.05) is 6.92 Å². The predicted octanol–water partition coefficient (Wildman–Crippen LogP) is 3.06. The lowest BCUT2D eigenvalue weighted by Gasteiger charge is -2.40. The van der Waals surface area contributed by atoms with Crippen LogP contribution >= 0.6 is 23.1 Å². The summed E-state index contributed by atoms with van der Waals surface area (Å²) in [5.74, 6) is 1.62. The third-order valence-corrected chi connectivity index (χ3v) is 4.06. The Kier molecular flexibility index (Phi) is 3.46. The van der Waals surface area contributed by atoms with Gasteiger partial charge in [0.05, 0.1) is 5.54 Å². The number of nitrogens with zero attached hydrogens (tertiary/aromatic N) is 2. The van der Waals surface area contributed by atoms with Crippen molar-refractivity contribution in [3.63, 3.8) is 0 Å². The fraction of sp³-hybridized carbons (Fsp3) is 0.800. The zero-order valence-corrected chi connectivity index (χ0v) is 10.5. The molecule has 1 aliphatic rings. The summed E-state index contributed by atoms with van der Waals surface area (Å²) in [5, 5.41) is 4.36. The minimum atomic E-state index is 0.102.